The molecule has 1 aromatic rings. The average Bonchev–Trinajstić information content (AvgIpc) is 2.08. The van der Waals surface area contributed by atoms with Gasteiger partial charge in [0.15, 0.2) is 0 Å². The monoisotopic (exact) mass is 165 g/mol. The fraction of sp³-hybridized carbons (Fsp3) is 0.400. The summed E-state index contributed by atoms with van der Waals surface area (Å²) in [6.07, 6.45) is 0.921. The van der Waals surface area contributed by atoms with Gasteiger partial charge in [0, 0.05) is 6.04 Å². The van der Waals surface area contributed by atoms with Crippen LogP contribution in [0.25, 0.3) is 0 Å². The highest BCUT2D eigenvalue weighted by Gasteiger charge is 2.04. The van der Waals surface area contributed by atoms with Crippen molar-refractivity contribution in [3.8, 4) is 5.75 Å². The third kappa shape index (κ3) is 1.77. The molecule has 0 amide bonds. The third-order valence-electron chi connectivity index (χ3n) is 2.09. The SMILES string of the molecule is CC[C@H](N)c1ccc(O)c(C)c1. The Hall–Kier alpha value is -1.02. The Balaban J connectivity index is 2.96. The maximum atomic E-state index is 9.26. The normalized spacial score (nSPS) is 12.9. The largest absolute Gasteiger partial charge is 0.508 e. The van der Waals surface area contributed by atoms with E-state index in [0.29, 0.717) is 5.75 Å². The molecule has 0 radical (unpaired) electrons. The number of benzene rings is 1. The van der Waals surface area contributed by atoms with Gasteiger partial charge in [0.1, 0.15) is 5.75 Å². The molecule has 66 valence electrons. The molecular weight excluding hydrogens is 150 g/mol. The third-order valence-corrected chi connectivity index (χ3v) is 2.09. The molecule has 12 heavy (non-hydrogen) atoms. The van der Waals surface area contributed by atoms with Crippen molar-refractivity contribution in [1.82, 2.24) is 0 Å². The van der Waals surface area contributed by atoms with Crippen LogP contribution < -0.4 is 5.73 Å². The molecule has 1 atom stereocenters. The van der Waals surface area contributed by atoms with E-state index in [9.17, 15) is 5.11 Å². The highest BCUT2D eigenvalue weighted by atomic mass is 16.3. The molecular formula is C10H15NO. The van der Waals surface area contributed by atoms with Crippen LogP contribution in [-0.4, -0.2) is 5.11 Å². The summed E-state index contributed by atoms with van der Waals surface area (Å²) in [6.45, 7) is 3.92. The van der Waals surface area contributed by atoms with Crippen molar-refractivity contribution in [2.24, 2.45) is 5.73 Å². The van der Waals surface area contributed by atoms with E-state index in [1.807, 2.05) is 26.0 Å². The Morgan fingerprint density at radius 1 is 1.50 bits per heavy atom. The minimum Gasteiger partial charge on any atom is -0.508 e. The molecule has 0 aliphatic rings. The summed E-state index contributed by atoms with van der Waals surface area (Å²) in [6, 6.07) is 5.59. The molecule has 0 aliphatic heterocycles. The zero-order valence-electron chi connectivity index (χ0n) is 7.54. The molecule has 2 heteroatoms. The van der Waals surface area contributed by atoms with Gasteiger partial charge < -0.3 is 10.8 Å². The zero-order valence-corrected chi connectivity index (χ0v) is 7.54. The van der Waals surface area contributed by atoms with Gasteiger partial charge in [0.25, 0.3) is 0 Å². The molecule has 0 bridgehead atoms. The minimum absolute atomic E-state index is 0.0873. The summed E-state index contributed by atoms with van der Waals surface area (Å²) < 4.78 is 0. The molecule has 0 aliphatic carbocycles. The highest BCUT2D eigenvalue weighted by molar-refractivity contribution is 5.36. The second kappa shape index (κ2) is 3.59. The van der Waals surface area contributed by atoms with Crippen LogP contribution in [0.4, 0.5) is 0 Å². The number of phenolic OH excluding ortho intramolecular Hbond substituents is 1. The molecule has 0 heterocycles. The van der Waals surface area contributed by atoms with Crippen LogP contribution in [0.3, 0.4) is 0 Å². The predicted molar refractivity (Wildman–Crippen MR) is 50.1 cm³/mol. The van der Waals surface area contributed by atoms with E-state index in [0.717, 1.165) is 17.5 Å². The lowest BCUT2D eigenvalue weighted by molar-refractivity contribution is 0.470. The Kier molecular flexibility index (Phi) is 2.71. The quantitative estimate of drug-likeness (QED) is 0.705. The Bertz CT molecular complexity index is 271. The van der Waals surface area contributed by atoms with Crippen LogP contribution in [0.5, 0.6) is 5.75 Å². The second-order valence-corrected chi connectivity index (χ2v) is 3.06. The summed E-state index contributed by atoms with van der Waals surface area (Å²) in [7, 11) is 0. The van der Waals surface area contributed by atoms with Gasteiger partial charge in [-0.2, -0.15) is 0 Å². The number of hydrogen-bond acceptors (Lipinski definition) is 2. The first kappa shape index (κ1) is 9.07. The molecule has 0 fully saturated rings. The molecule has 0 saturated heterocycles. The number of phenols is 1. The van der Waals surface area contributed by atoms with Crippen LogP contribution in [-0.2, 0) is 0 Å². The van der Waals surface area contributed by atoms with Crippen molar-refractivity contribution in [3.63, 3.8) is 0 Å². The van der Waals surface area contributed by atoms with E-state index in [2.05, 4.69) is 0 Å². The van der Waals surface area contributed by atoms with Gasteiger partial charge in [-0.15, -0.1) is 0 Å². The van der Waals surface area contributed by atoms with Gasteiger partial charge in [-0.1, -0.05) is 19.1 Å². The average molecular weight is 165 g/mol. The first-order valence-electron chi connectivity index (χ1n) is 4.20. The van der Waals surface area contributed by atoms with Crippen LogP contribution in [0.1, 0.15) is 30.5 Å². The summed E-state index contributed by atoms with van der Waals surface area (Å²) in [5, 5.41) is 9.26. The molecule has 2 nitrogen and oxygen atoms in total. The standard InChI is InChI=1S/C10H15NO/c1-3-9(11)8-4-5-10(12)7(2)6-8/h4-6,9,12H,3,11H2,1-2H3/t9-/m0/s1. The molecule has 1 aromatic carbocycles. The lowest BCUT2D eigenvalue weighted by Gasteiger charge is -2.10. The number of aromatic hydroxyl groups is 1. The number of aryl methyl sites for hydroxylation is 1. The second-order valence-electron chi connectivity index (χ2n) is 3.06. The molecule has 0 spiro atoms. The highest BCUT2D eigenvalue weighted by Crippen LogP contribution is 2.21. The summed E-state index contributed by atoms with van der Waals surface area (Å²) in [5.41, 5.74) is 7.81. The first-order chi connectivity index (χ1) is 5.65. The van der Waals surface area contributed by atoms with Crippen molar-refractivity contribution in [2.45, 2.75) is 26.3 Å². The zero-order chi connectivity index (χ0) is 9.14. The van der Waals surface area contributed by atoms with E-state index in [-0.39, 0.29) is 6.04 Å². The van der Waals surface area contributed by atoms with Gasteiger partial charge in [0.05, 0.1) is 0 Å². The lowest BCUT2D eigenvalue weighted by Crippen LogP contribution is -2.08. The van der Waals surface area contributed by atoms with E-state index < -0.39 is 0 Å². The molecule has 0 saturated carbocycles. The van der Waals surface area contributed by atoms with Gasteiger partial charge in [-0.3, -0.25) is 0 Å². The minimum atomic E-state index is 0.0873. The van der Waals surface area contributed by atoms with Gasteiger partial charge >= 0.3 is 0 Å². The Morgan fingerprint density at radius 2 is 2.17 bits per heavy atom. The maximum absolute atomic E-state index is 9.26. The maximum Gasteiger partial charge on any atom is 0.118 e. The van der Waals surface area contributed by atoms with Gasteiger partial charge in [-0.05, 0) is 30.5 Å². The fourth-order valence-corrected chi connectivity index (χ4v) is 1.14. The van der Waals surface area contributed by atoms with Crippen molar-refractivity contribution in [2.75, 3.05) is 0 Å². The van der Waals surface area contributed by atoms with Gasteiger partial charge in [-0.25, -0.2) is 0 Å². The smallest absolute Gasteiger partial charge is 0.118 e. The molecule has 1 rings (SSSR count). The van der Waals surface area contributed by atoms with Crippen molar-refractivity contribution < 1.29 is 5.11 Å². The van der Waals surface area contributed by atoms with Crippen molar-refractivity contribution >= 4 is 0 Å². The van der Waals surface area contributed by atoms with Crippen LogP contribution in [0, 0.1) is 6.92 Å². The number of rotatable bonds is 2. The number of nitrogens with two attached hydrogens (primary N) is 1. The Morgan fingerprint density at radius 3 is 2.67 bits per heavy atom. The summed E-state index contributed by atoms with van der Waals surface area (Å²) >= 11 is 0. The van der Waals surface area contributed by atoms with Crippen molar-refractivity contribution in [1.29, 1.82) is 0 Å². The van der Waals surface area contributed by atoms with Crippen LogP contribution in [0.2, 0.25) is 0 Å². The van der Waals surface area contributed by atoms with E-state index in [1.165, 1.54) is 0 Å². The van der Waals surface area contributed by atoms with Crippen LogP contribution >= 0.6 is 0 Å². The number of hydrogen-bond donors (Lipinski definition) is 2. The summed E-state index contributed by atoms with van der Waals surface area (Å²) in [4.78, 5) is 0. The van der Waals surface area contributed by atoms with Gasteiger partial charge in [0.2, 0.25) is 0 Å². The van der Waals surface area contributed by atoms with E-state index in [4.69, 9.17) is 5.73 Å². The fourth-order valence-electron chi connectivity index (χ4n) is 1.14. The molecule has 3 N–H and O–H groups in total. The lowest BCUT2D eigenvalue weighted by atomic mass is 10.0. The van der Waals surface area contributed by atoms with Crippen LogP contribution in [0.15, 0.2) is 18.2 Å². The van der Waals surface area contributed by atoms with E-state index in [1.54, 1.807) is 6.07 Å². The van der Waals surface area contributed by atoms with E-state index >= 15 is 0 Å². The summed E-state index contributed by atoms with van der Waals surface area (Å²) in [5.74, 6) is 0.335. The molecule has 0 unspecified atom stereocenters. The van der Waals surface area contributed by atoms with Crippen molar-refractivity contribution in [3.05, 3.63) is 29.3 Å². The Labute approximate surface area is 73.0 Å². The predicted octanol–water partition coefficient (Wildman–Crippen LogP) is 2.11. The topological polar surface area (TPSA) is 46.2 Å². The first-order valence-corrected chi connectivity index (χ1v) is 4.20. The molecule has 0 aromatic heterocycles.